The van der Waals surface area contributed by atoms with Crippen molar-refractivity contribution in [3.05, 3.63) is 89.2 Å². The number of aliphatic hydroxyl groups excluding tert-OH is 1. The molecule has 0 spiro atoms. The van der Waals surface area contributed by atoms with Gasteiger partial charge in [-0.3, -0.25) is 9.78 Å². The van der Waals surface area contributed by atoms with Crippen LogP contribution in [0.4, 0.5) is 0 Å². The Labute approximate surface area is 232 Å². The van der Waals surface area contributed by atoms with Crippen molar-refractivity contribution in [1.29, 1.82) is 0 Å². The van der Waals surface area contributed by atoms with E-state index >= 15 is 0 Å². The number of amides is 1. The summed E-state index contributed by atoms with van der Waals surface area (Å²) >= 11 is 0. The Bertz CT molecular complexity index is 1240. The van der Waals surface area contributed by atoms with Crippen molar-refractivity contribution >= 4 is 40.7 Å². The van der Waals surface area contributed by atoms with Gasteiger partial charge in [0, 0.05) is 30.1 Å². The van der Waals surface area contributed by atoms with E-state index in [1.54, 1.807) is 18.5 Å². The van der Waals surface area contributed by atoms with Crippen LogP contribution < -0.4 is 10.0 Å². The van der Waals surface area contributed by atoms with Crippen LogP contribution in [0.25, 0.3) is 11.1 Å². The minimum Gasteiger partial charge on any atom is -0.387 e. The molecule has 10 heteroatoms. The lowest BCUT2D eigenvalue weighted by Crippen LogP contribution is -2.30. The molecule has 2 aromatic carbocycles. The largest absolute Gasteiger partial charge is 0.387 e. The molecule has 3 aromatic rings. The Hall–Kier alpha value is -2.49. The van der Waals surface area contributed by atoms with Crippen LogP contribution in [0, 0.1) is 5.92 Å². The zero-order valence-corrected chi connectivity index (χ0v) is 23.6. The summed E-state index contributed by atoms with van der Waals surface area (Å²) in [5.74, 6) is -0.298. The molecule has 1 aromatic heterocycles. The number of sulfonamides is 1. The molecule has 202 valence electrons. The van der Waals surface area contributed by atoms with Crippen LogP contribution in [0.15, 0.2) is 67.0 Å². The summed E-state index contributed by atoms with van der Waals surface area (Å²) in [6.45, 7) is 5.31. The first-order valence-electron chi connectivity index (χ1n) is 11.7. The Balaban J connectivity index is 0.00000342. The van der Waals surface area contributed by atoms with Gasteiger partial charge in [0.15, 0.2) is 0 Å². The highest BCUT2D eigenvalue weighted by molar-refractivity contribution is 7.89. The maximum atomic E-state index is 12.5. The first-order valence-corrected chi connectivity index (χ1v) is 13.5. The molecule has 0 saturated heterocycles. The van der Waals surface area contributed by atoms with E-state index in [1.165, 1.54) is 5.56 Å². The molecule has 1 atom stereocenters. The number of hydrogen-bond acceptors (Lipinski definition) is 6. The monoisotopic (exact) mass is 567 g/mol. The molecule has 3 rings (SSSR count). The van der Waals surface area contributed by atoms with Gasteiger partial charge in [-0.15, -0.1) is 24.8 Å². The van der Waals surface area contributed by atoms with Crippen LogP contribution in [0.3, 0.4) is 0 Å². The fourth-order valence-corrected chi connectivity index (χ4v) is 4.30. The highest BCUT2D eigenvalue weighted by atomic mass is 35.5. The Kier molecular flexibility index (Phi) is 13.2. The predicted octanol–water partition coefficient (Wildman–Crippen LogP) is 4.35. The number of aromatic nitrogens is 1. The molecule has 37 heavy (non-hydrogen) atoms. The van der Waals surface area contributed by atoms with Crippen molar-refractivity contribution < 1.29 is 18.3 Å². The fourth-order valence-electron chi connectivity index (χ4n) is 3.85. The van der Waals surface area contributed by atoms with Crippen molar-refractivity contribution in [2.24, 2.45) is 5.92 Å². The molecule has 3 N–H and O–H groups in total. The van der Waals surface area contributed by atoms with E-state index in [2.05, 4.69) is 41.0 Å². The first kappa shape index (κ1) is 32.5. The summed E-state index contributed by atoms with van der Waals surface area (Å²) in [6.07, 6.45) is 5.22. The number of aliphatic hydroxyl groups is 1. The quantitative estimate of drug-likeness (QED) is 0.297. The highest BCUT2D eigenvalue weighted by Gasteiger charge is 2.17. The number of benzene rings is 2. The summed E-state index contributed by atoms with van der Waals surface area (Å²) in [5.41, 5.74) is 5.16. The molecule has 0 radical (unpaired) electrons. The highest BCUT2D eigenvalue weighted by Crippen LogP contribution is 2.25. The fraction of sp³-hybridized carbons (Fsp3) is 0.333. The van der Waals surface area contributed by atoms with Crippen molar-refractivity contribution in [1.82, 2.24) is 15.0 Å². The molecule has 0 aliphatic heterocycles. The predicted molar refractivity (Wildman–Crippen MR) is 153 cm³/mol. The molecule has 0 unspecified atom stereocenters. The number of carbonyl (C=O) groups excluding carboxylic acids is 1. The van der Waals surface area contributed by atoms with Gasteiger partial charge < -0.3 is 10.4 Å². The lowest BCUT2D eigenvalue weighted by Gasteiger charge is -2.14. The van der Waals surface area contributed by atoms with Crippen LogP contribution in [0.1, 0.15) is 47.0 Å². The smallest absolute Gasteiger partial charge is 0.264 e. The molecular weight excluding hydrogens is 533 g/mol. The third kappa shape index (κ3) is 10.4. The van der Waals surface area contributed by atoms with Gasteiger partial charge >= 0.3 is 0 Å². The summed E-state index contributed by atoms with van der Waals surface area (Å²) in [7, 11) is -3.63. The zero-order valence-electron chi connectivity index (χ0n) is 21.2. The lowest BCUT2D eigenvalue weighted by atomic mass is 9.93. The van der Waals surface area contributed by atoms with Gasteiger partial charge in [0.2, 0.25) is 10.0 Å². The van der Waals surface area contributed by atoms with E-state index in [1.807, 2.05) is 36.4 Å². The summed E-state index contributed by atoms with van der Waals surface area (Å²) in [4.78, 5) is 16.5. The van der Waals surface area contributed by atoms with E-state index in [0.29, 0.717) is 24.4 Å². The zero-order chi connectivity index (χ0) is 25.4. The molecule has 1 heterocycles. The maximum Gasteiger partial charge on any atom is 0.264 e. The third-order valence-electron chi connectivity index (χ3n) is 5.54. The van der Waals surface area contributed by atoms with E-state index in [-0.39, 0.29) is 24.8 Å². The number of carbonyl (C=O) groups is 1. The summed E-state index contributed by atoms with van der Waals surface area (Å²) in [5, 5.41) is 13.5. The molecule has 0 fully saturated rings. The second-order valence-corrected chi connectivity index (χ2v) is 10.9. The van der Waals surface area contributed by atoms with E-state index in [0.717, 1.165) is 41.5 Å². The number of halogens is 2. The van der Waals surface area contributed by atoms with Gasteiger partial charge in [-0.05, 0) is 59.7 Å². The first-order chi connectivity index (χ1) is 16.6. The van der Waals surface area contributed by atoms with Crippen molar-refractivity contribution in [3.63, 3.8) is 0 Å². The van der Waals surface area contributed by atoms with Crippen molar-refractivity contribution in [2.75, 3.05) is 19.3 Å². The maximum absolute atomic E-state index is 12.5. The van der Waals surface area contributed by atoms with Gasteiger partial charge in [-0.25, -0.2) is 13.1 Å². The SMILES string of the molecule is CC(C)Cc1cc(-c2ccc(CCNC[C@@H](O)c3cccnc3)cc2)ccc1C(=O)NS(C)(=O)=O.Cl.Cl. The Morgan fingerprint density at radius 2 is 1.70 bits per heavy atom. The van der Waals surface area contributed by atoms with Crippen LogP contribution in [-0.2, 0) is 22.9 Å². The number of rotatable bonds is 11. The van der Waals surface area contributed by atoms with E-state index in [4.69, 9.17) is 0 Å². The normalized spacial score (nSPS) is 11.8. The Morgan fingerprint density at radius 3 is 2.30 bits per heavy atom. The second-order valence-electron chi connectivity index (χ2n) is 9.13. The molecule has 0 aliphatic rings. The molecular formula is C27H35Cl2N3O4S. The second kappa shape index (κ2) is 15.1. The molecule has 7 nitrogen and oxygen atoms in total. The number of pyridine rings is 1. The van der Waals surface area contributed by atoms with Crippen molar-refractivity contribution in [2.45, 2.75) is 32.8 Å². The van der Waals surface area contributed by atoms with Crippen LogP contribution in [0.5, 0.6) is 0 Å². The Morgan fingerprint density at radius 1 is 1.03 bits per heavy atom. The van der Waals surface area contributed by atoms with Gasteiger partial charge in [0.05, 0.1) is 12.4 Å². The third-order valence-corrected chi connectivity index (χ3v) is 6.10. The van der Waals surface area contributed by atoms with E-state index < -0.39 is 22.0 Å². The minimum absolute atomic E-state index is 0. The molecule has 0 saturated carbocycles. The molecule has 0 bridgehead atoms. The standard InChI is InChI=1S/C27H33N3O4S.2ClH/c1-19(2)15-24-16-22(10-11-25(24)27(32)30-35(3,33)34)21-8-6-20(7-9-21)12-14-29-18-26(31)23-5-4-13-28-17-23;;/h4-11,13,16-17,19,26,29,31H,12,14-15,18H2,1-3H3,(H,30,32);2*1H/t26-;;/m1../s1. The summed E-state index contributed by atoms with van der Waals surface area (Å²) in [6, 6.07) is 17.4. The summed E-state index contributed by atoms with van der Waals surface area (Å²) < 4.78 is 25.1. The minimum atomic E-state index is -3.63. The lowest BCUT2D eigenvalue weighted by molar-refractivity contribution is 0.0980. The number of nitrogens with one attached hydrogen (secondary N) is 2. The van der Waals surface area contributed by atoms with Crippen LogP contribution in [0.2, 0.25) is 0 Å². The van der Waals surface area contributed by atoms with Crippen LogP contribution in [-0.4, -0.2) is 43.8 Å². The van der Waals surface area contributed by atoms with Gasteiger partial charge in [0.1, 0.15) is 0 Å². The average molecular weight is 569 g/mol. The molecule has 1 amide bonds. The molecule has 0 aliphatic carbocycles. The van der Waals surface area contributed by atoms with Gasteiger partial charge in [-0.1, -0.05) is 56.3 Å². The van der Waals surface area contributed by atoms with Gasteiger partial charge in [-0.2, -0.15) is 0 Å². The average Bonchev–Trinajstić information content (AvgIpc) is 2.81. The number of nitrogens with zero attached hydrogens (tertiary/aromatic N) is 1. The topological polar surface area (TPSA) is 108 Å². The van der Waals surface area contributed by atoms with Crippen LogP contribution >= 0.6 is 24.8 Å². The number of hydrogen-bond donors (Lipinski definition) is 3. The van der Waals surface area contributed by atoms with Crippen molar-refractivity contribution in [3.8, 4) is 11.1 Å². The van der Waals surface area contributed by atoms with Gasteiger partial charge in [0.25, 0.3) is 5.91 Å². The van der Waals surface area contributed by atoms with E-state index in [9.17, 15) is 18.3 Å².